The molecule has 0 radical (unpaired) electrons. The van der Waals surface area contributed by atoms with Crippen LogP contribution in [0.3, 0.4) is 0 Å². The molecule has 1 aliphatic rings. The molecule has 0 heterocycles. The molecule has 1 aliphatic carbocycles. The first-order valence-corrected chi connectivity index (χ1v) is 6.97. The van der Waals surface area contributed by atoms with Gasteiger partial charge in [0, 0.05) is 6.54 Å². The van der Waals surface area contributed by atoms with E-state index in [-0.39, 0.29) is 24.8 Å². The normalized spacial score (nSPS) is 22.6. The Bertz CT molecular complexity index is 281. The Morgan fingerprint density at radius 1 is 1.33 bits per heavy atom. The van der Waals surface area contributed by atoms with Gasteiger partial charge in [0.1, 0.15) is 0 Å². The Morgan fingerprint density at radius 2 is 1.89 bits per heavy atom. The van der Waals surface area contributed by atoms with Crippen molar-refractivity contribution in [3.05, 3.63) is 0 Å². The van der Waals surface area contributed by atoms with Crippen LogP contribution in [0.5, 0.6) is 0 Å². The summed E-state index contributed by atoms with van der Waals surface area (Å²) >= 11 is 0. The number of rotatable bonds is 5. The molecule has 0 aliphatic heterocycles. The molecule has 1 saturated carbocycles. The predicted molar refractivity (Wildman–Crippen MR) is 71.1 cm³/mol. The Labute approximate surface area is 110 Å². The monoisotopic (exact) mass is 257 g/mol. The summed E-state index contributed by atoms with van der Waals surface area (Å²) in [7, 11) is 0. The van der Waals surface area contributed by atoms with E-state index in [1.807, 2.05) is 13.8 Å². The van der Waals surface area contributed by atoms with Crippen LogP contribution < -0.4 is 5.32 Å². The summed E-state index contributed by atoms with van der Waals surface area (Å²) in [5, 5.41) is 23.0. The van der Waals surface area contributed by atoms with Crippen molar-refractivity contribution in [2.45, 2.75) is 70.5 Å². The van der Waals surface area contributed by atoms with Crippen LogP contribution in [0.2, 0.25) is 0 Å². The summed E-state index contributed by atoms with van der Waals surface area (Å²) in [6, 6.07) is 0. The lowest BCUT2D eigenvalue weighted by molar-refractivity contribution is -0.129. The molecule has 0 aromatic carbocycles. The third-order valence-electron chi connectivity index (χ3n) is 4.16. The number of carbonyl (C=O) groups excluding carboxylic acids is 1. The van der Waals surface area contributed by atoms with E-state index in [0.29, 0.717) is 12.8 Å². The van der Waals surface area contributed by atoms with Crippen LogP contribution in [0.1, 0.15) is 59.3 Å². The van der Waals surface area contributed by atoms with E-state index >= 15 is 0 Å². The molecule has 1 fully saturated rings. The van der Waals surface area contributed by atoms with Gasteiger partial charge >= 0.3 is 0 Å². The molecule has 1 amide bonds. The smallest absolute Gasteiger partial charge is 0.222 e. The molecule has 4 heteroatoms. The van der Waals surface area contributed by atoms with Gasteiger partial charge < -0.3 is 15.5 Å². The SMILES string of the molecule is CC(C)C(C)(O)CNC(=O)CC1(O)CCCCC1. The molecule has 0 aromatic heterocycles. The first kappa shape index (κ1) is 15.4. The van der Waals surface area contributed by atoms with Crippen molar-refractivity contribution >= 4 is 5.91 Å². The Morgan fingerprint density at radius 3 is 2.39 bits per heavy atom. The third-order valence-corrected chi connectivity index (χ3v) is 4.16. The fourth-order valence-electron chi connectivity index (χ4n) is 2.23. The Hall–Kier alpha value is -0.610. The molecule has 0 saturated heterocycles. The Kier molecular flexibility index (Phi) is 5.17. The molecule has 0 aromatic rings. The zero-order valence-electron chi connectivity index (χ0n) is 11.8. The Balaban J connectivity index is 2.37. The first-order chi connectivity index (χ1) is 8.25. The van der Waals surface area contributed by atoms with Gasteiger partial charge in [-0.2, -0.15) is 0 Å². The molecule has 3 N–H and O–H groups in total. The van der Waals surface area contributed by atoms with Crippen molar-refractivity contribution in [1.82, 2.24) is 5.32 Å². The van der Waals surface area contributed by atoms with E-state index in [0.717, 1.165) is 19.3 Å². The number of nitrogens with one attached hydrogen (secondary N) is 1. The molecule has 4 nitrogen and oxygen atoms in total. The fraction of sp³-hybridized carbons (Fsp3) is 0.929. The fourth-order valence-corrected chi connectivity index (χ4v) is 2.23. The summed E-state index contributed by atoms with van der Waals surface area (Å²) in [6.07, 6.45) is 4.70. The molecule has 1 atom stereocenters. The van der Waals surface area contributed by atoms with Gasteiger partial charge in [-0.1, -0.05) is 33.1 Å². The van der Waals surface area contributed by atoms with Crippen molar-refractivity contribution in [3.63, 3.8) is 0 Å². The van der Waals surface area contributed by atoms with Crippen LogP contribution >= 0.6 is 0 Å². The number of hydrogen-bond donors (Lipinski definition) is 3. The molecular weight excluding hydrogens is 230 g/mol. The van der Waals surface area contributed by atoms with Gasteiger partial charge in [0.25, 0.3) is 0 Å². The lowest BCUT2D eigenvalue weighted by atomic mass is 9.82. The number of amides is 1. The van der Waals surface area contributed by atoms with Gasteiger partial charge in [-0.3, -0.25) is 4.79 Å². The summed E-state index contributed by atoms with van der Waals surface area (Å²) in [5.41, 5.74) is -1.73. The minimum absolute atomic E-state index is 0.0792. The van der Waals surface area contributed by atoms with Crippen LogP contribution in [-0.4, -0.2) is 33.9 Å². The maximum atomic E-state index is 11.8. The lowest BCUT2D eigenvalue weighted by Gasteiger charge is -2.32. The highest BCUT2D eigenvalue weighted by molar-refractivity contribution is 5.77. The molecule has 1 unspecified atom stereocenters. The molecule has 18 heavy (non-hydrogen) atoms. The minimum Gasteiger partial charge on any atom is -0.389 e. The molecule has 0 bridgehead atoms. The van der Waals surface area contributed by atoms with Crippen molar-refractivity contribution in [2.75, 3.05) is 6.54 Å². The van der Waals surface area contributed by atoms with E-state index in [1.165, 1.54) is 0 Å². The van der Waals surface area contributed by atoms with Crippen molar-refractivity contribution in [1.29, 1.82) is 0 Å². The van der Waals surface area contributed by atoms with Gasteiger partial charge in [0.2, 0.25) is 5.91 Å². The quantitative estimate of drug-likeness (QED) is 0.700. The minimum atomic E-state index is -0.898. The number of carbonyl (C=O) groups is 1. The lowest BCUT2D eigenvalue weighted by Crippen LogP contribution is -2.46. The standard InChI is InChI=1S/C14H27NO3/c1-11(2)13(3,17)10-15-12(16)9-14(18)7-5-4-6-8-14/h11,17-18H,4-10H2,1-3H3,(H,15,16). The van der Waals surface area contributed by atoms with Crippen LogP contribution in [0.25, 0.3) is 0 Å². The van der Waals surface area contributed by atoms with E-state index in [2.05, 4.69) is 5.32 Å². The first-order valence-electron chi connectivity index (χ1n) is 6.97. The van der Waals surface area contributed by atoms with E-state index in [9.17, 15) is 15.0 Å². The number of hydrogen-bond acceptors (Lipinski definition) is 3. The highest BCUT2D eigenvalue weighted by Gasteiger charge is 2.32. The van der Waals surface area contributed by atoms with Crippen LogP contribution in [-0.2, 0) is 4.79 Å². The molecule has 1 rings (SSSR count). The van der Waals surface area contributed by atoms with Crippen LogP contribution in [0.15, 0.2) is 0 Å². The number of aliphatic hydroxyl groups is 2. The zero-order valence-corrected chi connectivity index (χ0v) is 11.8. The zero-order chi connectivity index (χ0) is 13.8. The van der Waals surface area contributed by atoms with Crippen LogP contribution in [0.4, 0.5) is 0 Å². The van der Waals surface area contributed by atoms with E-state index in [4.69, 9.17) is 0 Å². The highest BCUT2D eigenvalue weighted by atomic mass is 16.3. The molecule has 106 valence electrons. The van der Waals surface area contributed by atoms with Gasteiger partial charge in [-0.15, -0.1) is 0 Å². The topological polar surface area (TPSA) is 69.6 Å². The van der Waals surface area contributed by atoms with Crippen molar-refractivity contribution in [3.8, 4) is 0 Å². The maximum absolute atomic E-state index is 11.8. The van der Waals surface area contributed by atoms with Crippen molar-refractivity contribution in [2.24, 2.45) is 5.92 Å². The third kappa shape index (κ3) is 4.58. The summed E-state index contributed by atoms with van der Waals surface area (Å²) in [5.74, 6) is -0.0871. The second-order valence-electron chi connectivity index (χ2n) is 6.25. The second kappa shape index (κ2) is 6.02. The van der Waals surface area contributed by atoms with Gasteiger partial charge in [-0.05, 0) is 25.7 Å². The molecular formula is C14H27NO3. The summed E-state index contributed by atoms with van der Waals surface area (Å²) < 4.78 is 0. The molecule has 0 spiro atoms. The highest BCUT2D eigenvalue weighted by Crippen LogP contribution is 2.30. The maximum Gasteiger partial charge on any atom is 0.222 e. The predicted octanol–water partition coefficient (Wildman–Crippen LogP) is 1.59. The van der Waals surface area contributed by atoms with E-state index in [1.54, 1.807) is 6.92 Å². The summed E-state index contributed by atoms with van der Waals surface area (Å²) in [4.78, 5) is 11.8. The van der Waals surface area contributed by atoms with Crippen LogP contribution in [0, 0.1) is 5.92 Å². The average Bonchev–Trinajstić information content (AvgIpc) is 2.26. The van der Waals surface area contributed by atoms with Gasteiger partial charge in [0.15, 0.2) is 0 Å². The van der Waals surface area contributed by atoms with Crippen molar-refractivity contribution < 1.29 is 15.0 Å². The second-order valence-corrected chi connectivity index (χ2v) is 6.25. The largest absolute Gasteiger partial charge is 0.389 e. The van der Waals surface area contributed by atoms with Gasteiger partial charge in [-0.25, -0.2) is 0 Å². The van der Waals surface area contributed by atoms with Gasteiger partial charge in [0.05, 0.1) is 17.6 Å². The summed E-state index contributed by atoms with van der Waals surface area (Å²) in [6.45, 7) is 5.79. The van der Waals surface area contributed by atoms with E-state index < -0.39 is 11.2 Å². The average molecular weight is 257 g/mol.